The van der Waals surface area contributed by atoms with Gasteiger partial charge in [0, 0.05) is 13.1 Å². The largest absolute Gasteiger partial charge is 0.508 e. The number of phenolic OH excluding ortho intramolecular Hbond substituents is 1. The molecule has 2 aromatic carbocycles. The van der Waals surface area contributed by atoms with E-state index in [-0.39, 0.29) is 11.7 Å². The van der Waals surface area contributed by atoms with Crippen molar-refractivity contribution in [3.8, 4) is 5.75 Å². The van der Waals surface area contributed by atoms with Crippen LogP contribution in [0.2, 0.25) is 0 Å². The molecular formula is C22H22N2O2S. The molecule has 0 saturated carbocycles. The van der Waals surface area contributed by atoms with Crippen molar-refractivity contribution in [1.29, 1.82) is 0 Å². The molecule has 5 heteroatoms. The summed E-state index contributed by atoms with van der Waals surface area (Å²) in [5.74, 6) is 0.694. The number of phenols is 1. The van der Waals surface area contributed by atoms with Gasteiger partial charge in [-0.05, 0) is 66.3 Å². The Morgan fingerprint density at radius 2 is 1.89 bits per heavy atom. The normalized spacial score (nSPS) is 19.6. The molecule has 1 fully saturated rings. The molecule has 0 unspecified atom stereocenters. The first kappa shape index (κ1) is 17.9. The maximum Gasteiger partial charge on any atom is 0.286 e. The summed E-state index contributed by atoms with van der Waals surface area (Å²) in [5, 5.41) is 10.4. The van der Waals surface area contributed by atoms with Gasteiger partial charge in [-0.3, -0.25) is 4.79 Å². The summed E-state index contributed by atoms with van der Waals surface area (Å²) in [6.45, 7) is 1.88. The molecule has 1 N–H and O–H groups in total. The smallest absolute Gasteiger partial charge is 0.286 e. The number of carbonyl (C=O) groups excluding carboxylic acids is 1. The quantitative estimate of drug-likeness (QED) is 0.809. The Kier molecular flexibility index (Phi) is 5.30. The fraction of sp³-hybridized carbons (Fsp3) is 0.273. The van der Waals surface area contributed by atoms with E-state index in [4.69, 9.17) is 0 Å². The summed E-state index contributed by atoms with van der Waals surface area (Å²) < 4.78 is 0. The number of nitrogens with zero attached hydrogens (tertiary/aromatic N) is 2. The summed E-state index contributed by atoms with van der Waals surface area (Å²) >= 11 is 1.44. The number of rotatable bonds is 3. The second-order valence-corrected chi connectivity index (χ2v) is 8.03. The van der Waals surface area contributed by atoms with Gasteiger partial charge in [-0.1, -0.05) is 42.5 Å². The molecule has 0 aromatic heterocycles. The SMILES string of the molecule is O=C1N=C(N2CCC(Cc3ccccc3)CC2)S/C1=C\c1cccc(O)c1. The van der Waals surface area contributed by atoms with Crippen molar-refractivity contribution in [3.05, 3.63) is 70.6 Å². The first-order valence-corrected chi connectivity index (χ1v) is 10.1. The number of piperidine rings is 1. The zero-order valence-electron chi connectivity index (χ0n) is 15.0. The second-order valence-electron chi connectivity index (χ2n) is 7.03. The Bertz CT molecular complexity index is 884. The van der Waals surface area contributed by atoms with Crippen LogP contribution in [0.3, 0.4) is 0 Å². The van der Waals surface area contributed by atoms with Crippen molar-refractivity contribution in [1.82, 2.24) is 4.90 Å². The Morgan fingerprint density at radius 3 is 2.63 bits per heavy atom. The number of hydrogen-bond acceptors (Lipinski definition) is 4. The number of amides is 1. The maximum atomic E-state index is 12.3. The molecule has 2 aliphatic rings. The van der Waals surface area contributed by atoms with Crippen LogP contribution in [0.1, 0.15) is 24.0 Å². The molecule has 138 valence electrons. The highest BCUT2D eigenvalue weighted by Gasteiger charge is 2.29. The lowest BCUT2D eigenvalue weighted by atomic mass is 9.90. The number of carbonyl (C=O) groups is 1. The summed E-state index contributed by atoms with van der Waals surface area (Å²) in [4.78, 5) is 19.4. The Hall–Kier alpha value is -2.53. The highest BCUT2D eigenvalue weighted by atomic mass is 32.2. The molecular weight excluding hydrogens is 356 g/mol. The van der Waals surface area contributed by atoms with E-state index >= 15 is 0 Å². The van der Waals surface area contributed by atoms with Crippen LogP contribution >= 0.6 is 11.8 Å². The Balaban J connectivity index is 1.35. The Labute approximate surface area is 163 Å². The topological polar surface area (TPSA) is 52.9 Å². The van der Waals surface area contributed by atoms with E-state index in [2.05, 4.69) is 40.2 Å². The molecule has 2 aromatic rings. The van der Waals surface area contributed by atoms with Crippen LogP contribution in [0.4, 0.5) is 0 Å². The lowest BCUT2D eigenvalue weighted by Crippen LogP contribution is -2.37. The third-order valence-electron chi connectivity index (χ3n) is 5.03. The number of benzene rings is 2. The average Bonchev–Trinajstić information content (AvgIpc) is 3.04. The Morgan fingerprint density at radius 1 is 1.11 bits per heavy atom. The number of thioether (sulfide) groups is 1. The van der Waals surface area contributed by atoms with Gasteiger partial charge in [0.25, 0.3) is 5.91 Å². The van der Waals surface area contributed by atoms with E-state index in [0.29, 0.717) is 10.8 Å². The number of likely N-dealkylation sites (tertiary alicyclic amines) is 1. The number of aromatic hydroxyl groups is 1. The second kappa shape index (κ2) is 8.01. The van der Waals surface area contributed by atoms with Gasteiger partial charge in [0.2, 0.25) is 0 Å². The number of aliphatic imine (C=N–C) groups is 1. The summed E-state index contributed by atoms with van der Waals surface area (Å²) in [5.41, 5.74) is 2.21. The zero-order chi connectivity index (χ0) is 18.6. The van der Waals surface area contributed by atoms with Gasteiger partial charge in [0.1, 0.15) is 5.75 Å². The number of hydrogen-bond donors (Lipinski definition) is 1. The number of amidine groups is 1. The summed E-state index contributed by atoms with van der Waals surface area (Å²) in [6, 6.07) is 17.5. The van der Waals surface area contributed by atoms with Crippen LogP contribution < -0.4 is 0 Å². The molecule has 0 aliphatic carbocycles. The molecule has 0 bridgehead atoms. The highest BCUT2D eigenvalue weighted by molar-refractivity contribution is 8.18. The van der Waals surface area contributed by atoms with Gasteiger partial charge >= 0.3 is 0 Å². The predicted molar refractivity (Wildman–Crippen MR) is 111 cm³/mol. The third kappa shape index (κ3) is 4.42. The van der Waals surface area contributed by atoms with E-state index in [9.17, 15) is 9.90 Å². The third-order valence-corrected chi connectivity index (χ3v) is 6.07. The molecule has 4 nitrogen and oxygen atoms in total. The first-order chi connectivity index (χ1) is 13.2. The molecule has 1 amide bonds. The van der Waals surface area contributed by atoms with Gasteiger partial charge in [0.05, 0.1) is 4.91 Å². The van der Waals surface area contributed by atoms with E-state index in [1.165, 1.54) is 17.3 Å². The lowest BCUT2D eigenvalue weighted by Gasteiger charge is -2.32. The predicted octanol–water partition coefficient (Wildman–Crippen LogP) is 4.32. The van der Waals surface area contributed by atoms with Crippen molar-refractivity contribution in [2.75, 3.05) is 13.1 Å². The highest BCUT2D eigenvalue weighted by Crippen LogP contribution is 2.33. The van der Waals surface area contributed by atoms with Crippen LogP contribution in [0, 0.1) is 5.92 Å². The average molecular weight is 378 g/mol. The minimum absolute atomic E-state index is 0.190. The van der Waals surface area contributed by atoms with Crippen LogP contribution in [-0.4, -0.2) is 34.2 Å². The van der Waals surface area contributed by atoms with Gasteiger partial charge in [-0.15, -0.1) is 0 Å². The van der Waals surface area contributed by atoms with Crippen molar-refractivity contribution >= 4 is 28.9 Å². The van der Waals surface area contributed by atoms with Crippen molar-refractivity contribution in [2.24, 2.45) is 10.9 Å². The molecule has 0 spiro atoms. The fourth-order valence-electron chi connectivity index (χ4n) is 3.58. The van der Waals surface area contributed by atoms with Gasteiger partial charge in [0.15, 0.2) is 5.17 Å². The van der Waals surface area contributed by atoms with Crippen LogP contribution in [0.25, 0.3) is 6.08 Å². The molecule has 2 aliphatic heterocycles. The molecule has 0 radical (unpaired) electrons. The minimum atomic E-state index is -0.190. The van der Waals surface area contributed by atoms with Gasteiger partial charge < -0.3 is 10.0 Å². The molecule has 1 saturated heterocycles. The lowest BCUT2D eigenvalue weighted by molar-refractivity contribution is -0.113. The van der Waals surface area contributed by atoms with Crippen LogP contribution in [0.5, 0.6) is 5.75 Å². The van der Waals surface area contributed by atoms with Gasteiger partial charge in [-0.25, -0.2) is 0 Å². The van der Waals surface area contributed by atoms with E-state index in [1.807, 2.05) is 6.07 Å². The van der Waals surface area contributed by atoms with E-state index in [0.717, 1.165) is 43.1 Å². The van der Waals surface area contributed by atoms with E-state index in [1.54, 1.807) is 24.3 Å². The first-order valence-electron chi connectivity index (χ1n) is 9.28. The molecule has 0 atom stereocenters. The van der Waals surface area contributed by atoms with Crippen molar-refractivity contribution in [3.63, 3.8) is 0 Å². The molecule has 4 rings (SSSR count). The molecule has 2 heterocycles. The van der Waals surface area contributed by atoms with Crippen molar-refractivity contribution < 1.29 is 9.90 Å². The fourth-order valence-corrected chi connectivity index (χ4v) is 4.54. The minimum Gasteiger partial charge on any atom is -0.508 e. The van der Waals surface area contributed by atoms with Crippen LogP contribution in [0.15, 0.2) is 64.5 Å². The van der Waals surface area contributed by atoms with Gasteiger partial charge in [-0.2, -0.15) is 4.99 Å². The molecule has 27 heavy (non-hydrogen) atoms. The summed E-state index contributed by atoms with van der Waals surface area (Å²) in [6.07, 6.45) is 5.16. The standard InChI is InChI=1S/C22H22N2O2S/c25-19-8-4-7-18(14-19)15-20-21(26)23-22(27-20)24-11-9-17(10-12-24)13-16-5-2-1-3-6-16/h1-8,14-15,17,25H,9-13H2/b20-15-. The maximum absolute atomic E-state index is 12.3. The van der Waals surface area contributed by atoms with E-state index < -0.39 is 0 Å². The summed E-state index contributed by atoms with van der Waals surface area (Å²) in [7, 11) is 0. The van der Waals surface area contributed by atoms with Crippen LogP contribution in [-0.2, 0) is 11.2 Å². The zero-order valence-corrected chi connectivity index (χ0v) is 15.9. The van der Waals surface area contributed by atoms with Crippen molar-refractivity contribution in [2.45, 2.75) is 19.3 Å². The monoisotopic (exact) mass is 378 g/mol.